The number of Topliss-reactive ketones (excluding diaryl/α,β-unsaturated/α-hetero) is 1. The molecule has 2 rings (SSSR count). The number of thiazole rings is 1. The molecule has 0 amide bonds. The van der Waals surface area contributed by atoms with E-state index in [1.54, 1.807) is 17.5 Å². The summed E-state index contributed by atoms with van der Waals surface area (Å²) in [4.78, 5) is 18.7. The van der Waals surface area contributed by atoms with Gasteiger partial charge in [-0.15, -0.1) is 11.3 Å². The molecule has 0 saturated heterocycles. The lowest BCUT2D eigenvalue weighted by Crippen LogP contribution is -2.49. The average Bonchev–Trinajstić information content (AvgIpc) is 2.87. The van der Waals surface area contributed by atoms with Crippen LogP contribution in [0.1, 0.15) is 30.7 Å². The van der Waals surface area contributed by atoms with Gasteiger partial charge in [0.1, 0.15) is 0 Å². The van der Waals surface area contributed by atoms with Crippen LogP contribution in [-0.2, 0) is 11.2 Å². The minimum Gasteiger partial charge on any atom is -0.297 e. The average molecular weight is 238 g/mol. The lowest BCUT2D eigenvalue weighted by atomic mass is 9.89. The highest BCUT2D eigenvalue weighted by molar-refractivity contribution is 7.09. The first-order valence-corrected chi connectivity index (χ1v) is 6.62. The fraction of sp³-hybridized carbons (Fsp3) is 0.667. The number of carbonyl (C=O) groups is 1. The highest BCUT2D eigenvalue weighted by atomic mass is 32.1. The van der Waals surface area contributed by atoms with Crippen LogP contribution in [-0.4, -0.2) is 35.3 Å². The van der Waals surface area contributed by atoms with Gasteiger partial charge in [0.2, 0.25) is 0 Å². The number of hydrogen-bond donors (Lipinski definition) is 0. The molecule has 3 nitrogen and oxygen atoms in total. The van der Waals surface area contributed by atoms with Crippen molar-refractivity contribution < 1.29 is 4.79 Å². The smallest absolute Gasteiger partial charge is 0.159 e. The van der Waals surface area contributed by atoms with Gasteiger partial charge in [0.25, 0.3) is 0 Å². The maximum absolute atomic E-state index is 12.4. The third kappa shape index (κ3) is 2.04. The number of aromatic nitrogens is 1. The quantitative estimate of drug-likeness (QED) is 0.805. The van der Waals surface area contributed by atoms with Gasteiger partial charge in [-0.3, -0.25) is 9.69 Å². The predicted molar refractivity (Wildman–Crippen MR) is 65.7 cm³/mol. The summed E-state index contributed by atoms with van der Waals surface area (Å²) in [5.41, 5.74) is -0.217. The van der Waals surface area contributed by atoms with Gasteiger partial charge in [-0.05, 0) is 26.9 Å². The minimum absolute atomic E-state index is 0.217. The monoisotopic (exact) mass is 238 g/mol. The SMILES string of the molecule is CN(C)C1(C(=O)Cc2nccs2)CCCC1. The zero-order valence-electron chi connectivity index (χ0n) is 9.90. The van der Waals surface area contributed by atoms with Crippen molar-refractivity contribution in [2.24, 2.45) is 0 Å². The number of rotatable bonds is 4. The first-order chi connectivity index (χ1) is 7.65. The molecule has 1 aliphatic carbocycles. The first kappa shape index (κ1) is 11.7. The van der Waals surface area contributed by atoms with Gasteiger partial charge in [-0.2, -0.15) is 0 Å². The summed E-state index contributed by atoms with van der Waals surface area (Å²) in [7, 11) is 4.04. The van der Waals surface area contributed by atoms with E-state index in [0.717, 1.165) is 17.8 Å². The Balaban J connectivity index is 2.12. The first-order valence-electron chi connectivity index (χ1n) is 5.74. The topological polar surface area (TPSA) is 33.2 Å². The molecule has 88 valence electrons. The molecule has 1 aliphatic rings. The van der Waals surface area contributed by atoms with Crippen LogP contribution in [0.25, 0.3) is 0 Å². The molecule has 0 radical (unpaired) electrons. The molecule has 1 aromatic heterocycles. The van der Waals surface area contributed by atoms with Crippen LogP contribution in [0.15, 0.2) is 11.6 Å². The maximum Gasteiger partial charge on any atom is 0.159 e. The van der Waals surface area contributed by atoms with Gasteiger partial charge < -0.3 is 0 Å². The van der Waals surface area contributed by atoms with Crippen LogP contribution in [0.3, 0.4) is 0 Å². The summed E-state index contributed by atoms with van der Waals surface area (Å²) < 4.78 is 0. The Morgan fingerprint density at radius 1 is 1.50 bits per heavy atom. The second kappa shape index (κ2) is 4.63. The van der Waals surface area contributed by atoms with Crippen LogP contribution < -0.4 is 0 Å². The van der Waals surface area contributed by atoms with Crippen molar-refractivity contribution in [3.05, 3.63) is 16.6 Å². The van der Waals surface area contributed by atoms with E-state index in [1.807, 2.05) is 19.5 Å². The molecular formula is C12H18N2OS. The molecular weight excluding hydrogens is 220 g/mol. The van der Waals surface area contributed by atoms with Crippen LogP contribution in [0, 0.1) is 0 Å². The van der Waals surface area contributed by atoms with Crippen molar-refractivity contribution in [3.63, 3.8) is 0 Å². The highest BCUT2D eigenvalue weighted by Gasteiger charge is 2.42. The van der Waals surface area contributed by atoms with Crippen molar-refractivity contribution in [2.75, 3.05) is 14.1 Å². The Labute approximate surface area is 100 Å². The van der Waals surface area contributed by atoms with Crippen LogP contribution >= 0.6 is 11.3 Å². The lowest BCUT2D eigenvalue weighted by molar-refractivity contribution is -0.128. The molecule has 1 heterocycles. The van der Waals surface area contributed by atoms with Gasteiger partial charge in [-0.1, -0.05) is 12.8 Å². The molecule has 0 spiro atoms. The lowest BCUT2D eigenvalue weighted by Gasteiger charge is -2.34. The largest absolute Gasteiger partial charge is 0.297 e. The fourth-order valence-corrected chi connectivity index (χ4v) is 3.19. The summed E-state index contributed by atoms with van der Waals surface area (Å²) in [5, 5.41) is 2.87. The molecule has 16 heavy (non-hydrogen) atoms. The molecule has 1 aromatic rings. The van der Waals surface area contributed by atoms with Crippen LogP contribution in [0.4, 0.5) is 0 Å². The van der Waals surface area contributed by atoms with Gasteiger partial charge >= 0.3 is 0 Å². The van der Waals surface area contributed by atoms with E-state index in [-0.39, 0.29) is 5.54 Å². The number of ketones is 1. The molecule has 0 aliphatic heterocycles. The Morgan fingerprint density at radius 3 is 2.69 bits per heavy atom. The van der Waals surface area contributed by atoms with Crippen molar-refractivity contribution in [3.8, 4) is 0 Å². The maximum atomic E-state index is 12.4. The Bertz CT molecular complexity index is 353. The zero-order valence-corrected chi connectivity index (χ0v) is 10.7. The Morgan fingerprint density at radius 2 is 2.19 bits per heavy atom. The molecule has 1 saturated carbocycles. The zero-order chi connectivity index (χ0) is 11.6. The van der Waals surface area contributed by atoms with Crippen molar-refractivity contribution in [1.82, 2.24) is 9.88 Å². The summed E-state index contributed by atoms with van der Waals surface area (Å²) in [6, 6.07) is 0. The van der Waals surface area contributed by atoms with Gasteiger partial charge in [0, 0.05) is 11.6 Å². The Kier molecular flexibility index (Phi) is 3.40. The van der Waals surface area contributed by atoms with Crippen molar-refractivity contribution in [2.45, 2.75) is 37.6 Å². The third-order valence-corrected chi connectivity index (χ3v) is 4.38. The number of likely N-dealkylation sites (N-methyl/N-ethyl adjacent to an activating group) is 1. The van der Waals surface area contributed by atoms with E-state index in [2.05, 4.69) is 9.88 Å². The number of carbonyl (C=O) groups excluding carboxylic acids is 1. The second-order valence-electron chi connectivity index (χ2n) is 4.66. The molecule has 1 fully saturated rings. The van der Waals surface area contributed by atoms with Crippen LogP contribution in [0.5, 0.6) is 0 Å². The van der Waals surface area contributed by atoms with E-state index in [4.69, 9.17) is 0 Å². The van der Waals surface area contributed by atoms with Crippen molar-refractivity contribution in [1.29, 1.82) is 0 Å². The summed E-state index contributed by atoms with van der Waals surface area (Å²) >= 11 is 1.57. The third-order valence-electron chi connectivity index (χ3n) is 3.60. The molecule has 4 heteroatoms. The normalized spacial score (nSPS) is 19.2. The summed E-state index contributed by atoms with van der Waals surface area (Å²) in [6.07, 6.45) is 6.61. The second-order valence-corrected chi connectivity index (χ2v) is 5.64. The molecule has 0 unspecified atom stereocenters. The number of hydrogen-bond acceptors (Lipinski definition) is 4. The van der Waals surface area contributed by atoms with Gasteiger partial charge in [0.05, 0.1) is 17.0 Å². The van der Waals surface area contributed by atoms with E-state index in [0.29, 0.717) is 12.2 Å². The number of nitrogens with zero attached hydrogens (tertiary/aromatic N) is 2. The highest BCUT2D eigenvalue weighted by Crippen LogP contribution is 2.35. The van der Waals surface area contributed by atoms with Gasteiger partial charge in [-0.25, -0.2) is 4.98 Å². The molecule has 0 aromatic carbocycles. The van der Waals surface area contributed by atoms with E-state index < -0.39 is 0 Å². The van der Waals surface area contributed by atoms with E-state index in [9.17, 15) is 4.79 Å². The fourth-order valence-electron chi connectivity index (χ4n) is 2.58. The summed E-state index contributed by atoms with van der Waals surface area (Å²) in [5.74, 6) is 0.338. The standard InChI is InChI=1S/C12H18N2OS/c1-14(2)12(5-3-4-6-12)10(15)9-11-13-7-8-16-11/h7-8H,3-6,9H2,1-2H3. The van der Waals surface area contributed by atoms with Crippen molar-refractivity contribution >= 4 is 17.1 Å². The molecule has 0 N–H and O–H groups in total. The van der Waals surface area contributed by atoms with E-state index in [1.165, 1.54) is 12.8 Å². The summed E-state index contributed by atoms with van der Waals surface area (Å²) in [6.45, 7) is 0. The molecule has 0 bridgehead atoms. The van der Waals surface area contributed by atoms with Gasteiger partial charge in [0.15, 0.2) is 5.78 Å². The minimum atomic E-state index is -0.217. The predicted octanol–water partition coefficient (Wildman–Crippen LogP) is 2.13. The Hall–Kier alpha value is -0.740. The molecule has 0 atom stereocenters. The van der Waals surface area contributed by atoms with Crippen LogP contribution in [0.2, 0.25) is 0 Å². The van der Waals surface area contributed by atoms with E-state index >= 15 is 0 Å².